The van der Waals surface area contributed by atoms with Crippen LogP contribution in [0, 0.1) is 0 Å². The Morgan fingerprint density at radius 3 is 2.10 bits per heavy atom. The van der Waals surface area contributed by atoms with E-state index in [0.717, 1.165) is 32.2 Å². The molecule has 0 N–H and O–H groups in total. The van der Waals surface area contributed by atoms with Crippen molar-refractivity contribution < 1.29 is 13.2 Å². The molecule has 1 aromatic carbocycles. The maximum Gasteiger partial charge on any atom is 0.416 e. The Hall–Kier alpha value is -1.07. The van der Waals surface area contributed by atoms with Crippen molar-refractivity contribution in [2.75, 3.05) is 33.2 Å². The van der Waals surface area contributed by atoms with E-state index in [2.05, 4.69) is 9.80 Å². The summed E-state index contributed by atoms with van der Waals surface area (Å²) in [7, 11) is 2.03. The molecule has 5 heteroatoms. The summed E-state index contributed by atoms with van der Waals surface area (Å²) < 4.78 is 38.5. The molecular formula is C15H23F3N2. The van der Waals surface area contributed by atoms with Crippen molar-refractivity contribution >= 4 is 0 Å². The molecule has 1 aliphatic rings. The zero-order chi connectivity index (χ0) is 15.2. The van der Waals surface area contributed by atoms with Gasteiger partial charge in [0.05, 0.1) is 5.56 Å². The van der Waals surface area contributed by atoms with Gasteiger partial charge in [0.1, 0.15) is 0 Å². The summed E-state index contributed by atoms with van der Waals surface area (Å²) in [6, 6.07) is 5.84. The summed E-state index contributed by atoms with van der Waals surface area (Å²) in [5, 5.41) is 0. The predicted octanol–water partition coefficient (Wildman–Crippen LogP) is 3.48. The second-order valence-corrected chi connectivity index (χ2v) is 4.73. The lowest BCUT2D eigenvalue weighted by Gasteiger charge is -2.32. The number of alkyl halides is 3. The minimum absolute atomic E-state index is 0.370. The van der Waals surface area contributed by atoms with Gasteiger partial charge in [0.25, 0.3) is 0 Å². The molecule has 1 heterocycles. The van der Waals surface area contributed by atoms with E-state index in [0.29, 0.717) is 12.1 Å². The first-order chi connectivity index (χ1) is 9.47. The molecule has 1 aliphatic heterocycles. The fraction of sp³-hybridized carbons (Fsp3) is 0.600. The van der Waals surface area contributed by atoms with Crippen LogP contribution >= 0.6 is 0 Å². The van der Waals surface area contributed by atoms with Crippen molar-refractivity contribution in [1.29, 1.82) is 0 Å². The van der Waals surface area contributed by atoms with Gasteiger partial charge in [0, 0.05) is 32.7 Å². The third-order valence-electron chi connectivity index (χ3n) is 3.31. The molecule has 0 amide bonds. The van der Waals surface area contributed by atoms with Gasteiger partial charge in [0.2, 0.25) is 0 Å². The normalized spacial score (nSPS) is 17.5. The van der Waals surface area contributed by atoms with Gasteiger partial charge in [-0.25, -0.2) is 0 Å². The van der Waals surface area contributed by atoms with Gasteiger partial charge >= 0.3 is 6.18 Å². The molecule has 1 fully saturated rings. The molecule has 0 aliphatic carbocycles. The lowest BCUT2D eigenvalue weighted by molar-refractivity contribution is -0.138. The van der Waals surface area contributed by atoms with Crippen molar-refractivity contribution in [3.8, 4) is 0 Å². The Morgan fingerprint density at radius 1 is 1.00 bits per heavy atom. The Morgan fingerprint density at radius 2 is 1.55 bits per heavy atom. The summed E-state index contributed by atoms with van der Waals surface area (Å²) in [6.45, 7) is 7.84. The molecular weight excluding hydrogens is 265 g/mol. The first-order valence-corrected chi connectivity index (χ1v) is 7.03. The van der Waals surface area contributed by atoms with Gasteiger partial charge in [-0.3, -0.25) is 4.90 Å². The molecule has 0 radical (unpaired) electrons. The molecule has 1 saturated heterocycles. The predicted molar refractivity (Wildman–Crippen MR) is 75.6 cm³/mol. The summed E-state index contributed by atoms with van der Waals surface area (Å²) >= 11 is 0. The zero-order valence-corrected chi connectivity index (χ0v) is 12.4. The van der Waals surface area contributed by atoms with E-state index in [9.17, 15) is 13.2 Å². The number of rotatable bonds is 2. The summed E-state index contributed by atoms with van der Waals surface area (Å²) in [5.41, 5.74) is -0.140. The third kappa shape index (κ3) is 4.80. The van der Waals surface area contributed by atoms with Crippen molar-refractivity contribution in [3.63, 3.8) is 0 Å². The average molecular weight is 288 g/mol. The van der Waals surface area contributed by atoms with Crippen molar-refractivity contribution in [2.45, 2.75) is 26.6 Å². The summed E-state index contributed by atoms with van der Waals surface area (Å²) in [6.07, 6.45) is -4.26. The van der Waals surface area contributed by atoms with Gasteiger partial charge in [-0.1, -0.05) is 32.0 Å². The lowest BCUT2D eigenvalue weighted by Crippen LogP contribution is -2.44. The fourth-order valence-corrected chi connectivity index (χ4v) is 2.18. The van der Waals surface area contributed by atoms with Crippen molar-refractivity contribution in [3.05, 3.63) is 35.4 Å². The second-order valence-electron chi connectivity index (χ2n) is 4.73. The number of benzene rings is 1. The Bertz CT molecular complexity index is 396. The summed E-state index contributed by atoms with van der Waals surface area (Å²) in [5.74, 6) is 0. The highest BCUT2D eigenvalue weighted by atomic mass is 19.4. The maximum absolute atomic E-state index is 12.8. The summed E-state index contributed by atoms with van der Waals surface area (Å²) in [4.78, 5) is 4.26. The highest BCUT2D eigenvalue weighted by molar-refractivity contribution is 5.29. The Kier molecular flexibility index (Phi) is 6.49. The van der Waals surface area contributed by atoms with E-state index in [-0.39, 0.29) is 0 Å². The van der Waals surface area contributed by atoms with Crippen LogP contribution < -0.4 is 0 Å². The quantitative estimate of drug-likeness (QED) is 0.822. The van der Waals surface area contributed by atoms with Crippen LogP contribution in [0.15, 0.2) is 24.3 Å². The number of likely N-dealkylation sites (N-methyl/N-ethyl adjacent to an activating group) is 1. The van der Waals surface area contributed by atoms with Crippen molar-refractivity contribution in [1.82, 2.24) is 9.80 Å². The number of hydrogen-bond donors (Lipinski definition) is 0. The van der Waals surface area contributed by atoms with Crippen LogP contribution in [-0.2, 0) is 12.7 Å². The first kappa shape index (κ1) is 17.0. The van der Waals surface area contributed by atoms with E-state index in [4.69, 9.17) is 0 Å². The molecule has 0 atom stereocenters. The van der Waals surface area contributed by atoms with E-state index in [1.807, 2.05) is 20.9 Å². The van der Waals surface area contributed by atoms with Crippen LogP contribution in [0.3, 0.4) is 0 Å². The average Bonchev–Trinajstić information content (AvgIpc) is 2.43. The molecule has 1 aromatic rings. The zero-order valence-electron chi connectivity index (χ0n) is 12.4. The Labute approximate surface area is 119 Å². The fourth-order valence-electron chi connectivity index (χ4n) is 2.18. The van der Waals surface area contributed by atoms with E-state index in [1.54, 1.807) is 12.1 Å². The lowest BCUT2D eigenvalue weighted by atomic mass is 10.1. The van der Waals surface area contributed by atoms with E-state index in [1.165, 1.54) is 6.07 Å². The van der Waals surface area contributed by atoms with Crippen LogP contribution in [0.2, 0.25) is 0 Å². The molecule has 0 saturated carbocycles. The van der Waals surface area contributed by atoms with Gasteiger partial charge in [0.15, 0.2) is 0 Å². The molecule has 2 nitrogen and oxygen atoms in total. The van der Waals surface area contributed by atoms with E-state index >= 15 is 0 Å². The van der Waals surface area contributed by atoms with Crippen LogP contribution in [-0.4, -0.2) is 43.0 Å². The standard InChI is InChI=1S/C13H17F3N2.C2H6/c1-17-6-8-18(9-7-17)10-11-4-2-3-5-12(11)13(14,15)16;1-2/h2-5H,6-10H2,1H3;1-2H3. The third-order valence-corrected chi connectivity index (χ3v) is 3.31. The second kappa shape index (κ2) is 7.64. The topological polar surface area (TPSA) is 6.48 Å². The van der Waals surface area contributed by atoms with Gasteiger partial charge in [-0.05, 0) is 18.7 Å². The number of hydrogen-bond acceptors (Lipinski definition) is 2. The molecule has 0 unspecified atom stereocenters. The molecule has 0 bridgehead atoms. The highest BCUT2D eigenvalue weighted by Gasteiger charge is 2.33. The van der Waals surface area contributed by atoms with Crippen molar-refractivity contribution in [2.24, 2.45) is 0 Å². The van der Waals surface area contributed by atoms with Crippen LogP contribution in [0.4, 0.5) is 13.2 Å². The maximum atomic E-state index is 12.8. The van der Waals surface area contributed by atoms with Gasteiger partial charge in [-0.15, -0.1) is 0 Å². The van der Waals surface area contributed by atoms with Crippen LogP contribution in [0.25, 0.3) is 0 Å². The van der Waals surface area contributed by atoms with Crippen LogP contribution in [0.1, 0.15) is 25.0 Å². The minimum Gasteiger partial charge on any atom is -0.304 e. The van der Waals surface area contributed by atoms with Gasteiger partial charge < -0.3 is 4.90 Å². The number of nitrogens with zero attached hydrogens (tertiary/aromatic N) is 2. The van der Waals surface area contributed by atoms with E-state index < -0.39 is 11.7 Å². The minimum atomic E-state index is -4.26. The Balaban J connectivity index is 0.000000956. The molecule has 20 heavy (non-hydrogen) atoms. The largest absolute Gasteiger partial charge is 0.416 e. The molecule has 0 spiro atoms. The molecule has 2 rings (SSSR count). The molecule has 114 valence electrons. The van der Waals surface area contributed by atoms with Gasteiger partial charge in [-0.2, -0.15) is 13.2 Å². The number of piperazine rings is 1. The smallest absolute Gasteiger partial charge is 0.304 e. The monoisotopic (exact) mass is 288 g/mol. The highest BCUT2D eigenvalue weighted by Crippen LogP contribution is 2.32. The first-order valence-electron chi connectivity index (χ1n) is 7.03. The number of halogens is 3. The van der Waals surface area contributed by atoms with Crippen LogP contribution in [0.5, 0.6) is 0 Å². The SMILES string of the molecule is CC.CN1CCN(Cc2ccccc2C(F)(F)F)CC1. The molecule has 0 aromatic heterocycles.